The van der Waals surface area contributed by atoms with E-state index in [1.54, 1.807) is 0 Å². The van der Waals surface area contributed by atoms with Crippen LogP contribution in [0, 0.1) is 0 Å². The molecule has 0 amide bonds. The minimum atomic E-state index is -4.62. The monoisotopic (exact) mass is 413 g/mol. The summed E-state index contributed by atoms with van der Waals surface area (Å²) in [6, 6.07) is 1.37. The van der Waals surface area contributed by atoms with Crippen LogP contribution in [0.5, 0.6) is 0 Å². The van der Waals surface area contributed by atoms with Gasteiger partial charge in [0, 0.05) is 13.1 Å². The molecule has 0 atom stereocenters. The lowest BCUT2D eigenvalue weighted by Gasteiger charge is -2.22. The summed E-state index contributed by atoms with van der Waals surface area (Å²) in [4.78, 5) is 14.3. The lowest BCUT2D eigenvalue weighted by atomic mass is 10.2. The van der Waals surface area contributed by atoms with Crippen LogP contribution in [0.4, 0.5) is 18.9 Å². The second-order valence-electron chi connectivity index (χ2n) is 5.02. The molecular formula is C15H13Cl3F3N3O. The molecule has 2 rings (SSSR count). The van der Waals surface area contributed by atoms with E-state index in [4.69, 9.17) is 34.8 Å². The van der Waals surface area contributed by atoms with Crippen LogP contribution in [0.1, 0.15) is 19.4 Å². The van der Waals surface area contributed by atoms with Gasteiger partial charge in [-0.2, -0.15) is 23.0 Å². The van der Waals surface area contributed by atoms with Crippen molar-refractivity contribution in [2.45, 2.75) is 20.0 Å². The van der Waals surface area contributed by atoms with Gasteiger partial charge in [-0.15, -0.1) is 0 Å². The van der Waals surface area contributed by atoms with E-state index in [9.17, 15) is 18.0 Å². The maximum Gasteiger partial charge on any atom is 0.416 e. The number of benzene rings is 1. The molecule has 0 N–H and O–H groups in total. The largest absolute Gasteiger partial charge is 0.416 e. The Morgan fingerprint density at radius 2 is 1.64 bits per heavy atom. The topological polar surface area (TPSA) is 38.1 Å². The molecule has 10 heteroatoms. The van der Waals surface area contributed by atoms with Crippen molar-refractivity contribution in [1.29, 1.82) is 0 Å². The van der Waals surface area contributed by atoms with Gasteiger partial charge in [-0.25, -0.2) is 0 Å². The minimum absolute atomic E-state index is 0.120. The Kier molecular flexibility index (Phi) is 5.91. The molecular weight excluding hydrogens is 402 g/mol. The third-order valence-electron chi connectivity index (χ3n) is 3.56. The predicted molar refractivity (Wildman–Crippen MR) is 93.4 cm³/mol. The van der Waals surface area contributed by atoms with Crippen molar-refractivity contribution in [3.8, 4) is 5.69 Å². The van der Waals surface area contributed by atoms with E-state index in [0.29, 0.717) is 30.9 Å². The fourth-order valence-corrected chi connectivity index (χ4v) is 3.20. The molecule has 4 nitrogen and oxygen atoms in total. The zero-order valence-electron chi connectivity index (χ0n) is 13.2. The first-order valence-electron chi connectivity index (χ1n) is 7.21. The van der Waals surface area contributed by atoms with E-state index >= 15 is 0 Å². The van der Waals surface area contributed by atoms with Crippen molar-refractivity contribution in [3.63, 3.8) is 0 Å². The molecule has 0 spiro atoms. The third-order valence-corrected chi connectivity index (χ3v) is 4.49. The molecule has 0 aliphatic rings. The summed E-state index contributed by atoms with van der Waals surface area (Å²) >= 11 is 18.0. The van der Waals surface area contributed by atoms with Gasteiger partial charge in [0.05, 0.1) is 27.5 Å². The van der Waals surface area contributed by atoms with Crippen LogP contribution in [-0.2, 0) is 6.18 Å². The highest BCUT2D eigenvalue weighted by molar-refractivity contribution is 6.38. The van der Waals surface area contributed by atoms with Crippen LogP contribution in [0.3, 0.4) is 0 Å². The highest BCUT2D eigenvalue weighted by Crippen LogP contribution is 2.37. The number of hydrogen-bond donors (Lipinski definition) is 0. The summed E-state index contributed by atoms with van der Waals surface area (Å²) in [7, 11) is 0. The number of halogens is 6. The minimum Gasteiger partial charge on any atom is -0.369 e. The SMILES string of the molecule is CCN(CC)c1cnn(-c2c(Cl)cc(C(F)(F)F)cc2Cl)c(=O)c1Cl. The molecule has 136 valence electrons. The first-order valence-corrected chi connectivity index (χ1v) is 8.34. The zero-order valence-corrected chi connectivity index (χ0v) is 15.4. The number of alkyl halides is 3. The molecule has 0 bridgehead atoms. The molecule has 1 aromatic carbocycles. The Morgan fingerprint density at radius 1 is 1.12 bits per heavy atom. The number of nitrogens with zero attached hydrogens (tertiary/aromatic N) is 3. The first kappa shape index (κ1) is 19.9. The smallest absolute Gasteiger partial charge is 0.369 e. The highest BCUT2D eigenvalue weighted by Gasteiger charge is 2.32. The number of hydrogen-bond acceptors (Lipinski definition) is 3. The van der Waals surface area contributed by atoms with Crippen LogP contribution in [0.15, 0.2) is 23.1 Å². The van der Waals surface area contributed by atoms with Gasteiger partial charge in [0.1, 0.15) is 10.7 Å². The zero-order chi connectivity index (χ0) is 18.9. The summed E-state index contributed by atoms with van der Waals surface area (Å²) in [5, 5.41) is 3.13. The van der Waals surface area contributed by atoms with E-state index in [0.717, 1.165) is 4.68 Å². The van der Waals surface area contributed by atoms with Gasteiger partial charge in [0.25, 0.3) is 5.56 Å². The van der Waals surface area contributed by atoms with E-state index in [-0.39, 0.29) is 20.8 Å². The fourth-order valence-electron chi connectivity index (χ4n) is 2.30. The number of aromatic nitrogens is 2. The summed E-state index contributed by atoms with van der Waals surface area (Å²) in [6.07, 6.45) is -3.27. The molecule has 0 fully saturated rings. The van der Waals surface area contributed by atoms with Gasteiger partial charge in [0.2, 0.25) is 0 Å². The molecule has 2 aromatic rings. The summed E-state index contributed by atoms with van der Waals surface area (Å²) in [6.45, 7) is 4.97. The lowest BCUT2D eigenvalue weighted by Crippen LogP contribution is -2.28. The summed E-state index contributed by atoms with van der Waals surface area (Å²) < 4.78 is 39.2. The fraction of sp³-hybridized carbons (Fsp3) is 0.333. The highest BCUT2D eigenvalue weighted by atomic mass is 35.5. The van der Waals surface area contributed by atoms with Crippen LogP contribution >= 0.6 is 34.8 Å². The van der Waals surface area contributed by atoms with Crippen LogP contribution in [0.25, 0.3) is 5.69 Å². The normalized spacial score (nSPS) is 11.7. The molecule has 1 heterocycles. The van der Waals surface area contributed by atoms with Gasteiger partial charge in [-0.3, -0.25) is 4.79 Å². The Labute approximate surface area is 156 Å². The van der Waals surface area contributed by atoms with Crippen molar-refractivity contribution in [2.24, 2.45) is 0 Å². The summed E-state index contributed by atoms with van der Waals surface area (Å²) in [5.41, 5.74) is -1.49. The Morgan fingerprint density at radius 3 is 2.08 bits per heavy atom. The van der Waals surface area contributed by atoms with Crippen LogP contribution < -0.4 is 10.5 Å². The van der Waals surface area contributed by atoms with Gasteiger partial charge in [0.15, 0.2) is 0 Å². The second-order valence-corrected chi connectivity index (χ2v) is 6.21. The van der Waals surface area contributed by atoms with E-state index in [2.05, 4.69) is 5.10 Å². The van der Waals surface area contributed by atoms with E-state index in [1.807, 2.05) is 18.7 Å². The lowest BCUT2D eigenvalue weighted by molar-refractivity contribution is -0.137. The number of anilines is 1. The molecule has 1 aromatic heterocycles. The average molecular weight is 415 g/mol. The van der Waals surface area contributed by atoms with Crippen molar-refractivity contribution < 1.29 is 13.2 Å². The van der Waals surface area contributed by atoms with Gasteiger partial charge in [-0.1, -0.05) is 34.8 Å². The quantitative estimate of drug-likeness (QED) is 0.702. The molecule has 0 saturated carbocycles. The molecule has 0 saturated heterocycles. The van der Waals surface area contributed by atoms with E-state index in [1.165, 1.54) is 6.20 Å². The van der Waals surface area contributed by atoms with Gasteiger partial charge >= 0.3 is 6.18 Å². The maximum absolute atomic E-state index is 12.8. The molecule has 25 heavy (non-hydrogen) atoms. The number of rotatable bonds is 4. The predicted octanol–water partition coefficient (Wildman–Crippen LogP) is 5.06. The Hall–Kier alpha value is -1.44. The Balaban J connectivity index is 2.65. The van der Waals surface area contributed by atoms with Gasteiger partial charge < -0.3 is 4.90 Å². The average Bonchev–Trinajstić information content (AvgIpc) is 2.52. The molecule has 0 aliphatic heterocycles. The van der Waals surface area contributed by atoms with Crippen LogP contribution in [-0.4, -0.2) is 22.9 Å². The maximum atomic E-state index is 12.8. The standard InChI is InChI=1S/C15H13Cl3F3N3O/c1-3-23(4-2)11-7-22-24(14(25)12(11)18)13-9(16)5-8(6-10(13)17)15(19,20)21/h5-7H,3-4H2,1-2H3. The second kappa shape index (κ2) is 7.43. The van der Waals surface area contributed by atoms with Crippen molar-refractivity contribution in [1.82, 2.24) is 9.78 Å². The van der Waals surface area contributed by atoms with Crippen molar-refractivity contribution in [2.75, 3.05) is 18.0 Å². The third kappa shape index (κ3) is 3.88. The van der Waals surface area contributed by atoms with Crippen LogP contribution in [0.2, 0.25) is 15.1 Å². The molecule has 0 radical (unpaired) electrons. The molecule has 0 unspecified atom stereocenters. The van der Waals surface area contributed by atoms with Crippen molar-refractivity contribution >= 4 is 40.5 Å². The first-order chi connectivity index (χ1) is 11.6. The molecule has 0 aliphatic carbocycles. The van der Waals surface area contributed by atoms with Crippen molar-refractivity contribution in [3.05, 3.63) is 49.3 Å². The van der Waals surface area contributed by atoms with Gasteiger partial charge in [-0.05, 0) is 26.0 Å². The van der Waals surface area contributed by atoms with E-state index < -0.39 is 17.3 Å². The summed E-state index contributed by atoms with van der Waals surface area (Å²) in [5.74, 6) is 0. The Bertz CT molecular complexity index is 825.